The molecule has 4 nitrogen and oxygen atoms in total. The number of anilines is 2. The van der Waals surface area contributed by atoms with E-state index in [9.17, 15) is 13.6 Å². The molecule has 0 unspecified atom stereocenters. The van der Waals surface area contributed by atoms with E-state index < -0.39 is 17.6 Å². The second kappa shape index (κ2) is 5.31. The molecule has 0 saturated heterocycles. The lowest BCUT2D eigenvalue weighted by Crippen LogP contribution is -2.05. The van der Waals surface area contributed by atoms with Crippen LogP contribution in [0.3, 0.4) is 0 Å². The fourth-order valence-electron chi connectivity index (χ4n) is 1.42. The Hall–Kier alpha value is -2.02. The molecule has 0 atom stereocenters. The number of rotatable bonds is 3. The number of nitrogens with zero attached hydrogens (tertiary/aromatic N) is 1. The van der Waals surface area contributed by atoms with Crippen molar-refractivity contribution in [2.24, 2.45) is 0 Å². The zero-order valence-corrected chi connectivity index (χ0v) is 10.9. The van der Waals surface area contributed by atoms with Crippen molar-refractivity contribution >= 4 is 33.4 Å². The van der Waals surface area contributed by atoms with Crippen molar-refractivity contribution < 1.29 is 18.7 Å². The Bertz CT molecular complexity index is 650. The van der Waals surface area contributed by atoms with E-state index >= 15 is 0 Å². The lowest BCUT2D eigenvalue weighted by Gasteiger charge is -2.09. The van der Waals surface area contributed by atoms with Crippen LogP contribution in [0.1, 0.15) is 10.4 Å². The van der Waals surface area contributed by atoms with Gasteiger partial charge < -0.3 is 10.4 Å². The van der Waals surface area contributed by atoms with Gasteiger partial charge in [-0.1, -0.05) is 0 Å². The number of hydrogen-bond acceptors (Lipinski definition) is 3. The zero-order chi connectivity index (χ0) is 14.0. The molecule has 0 bridgehead atoms. The van der Waals surface area contributed by atoms with Gasteiger partial charge in [-0.15, -0.1) is 0 Å². The Morgan fingerprint density at radius 3 is 2.74 bits per heavy atom. The van der Waals surface area contributed by atoms with E-state index in [1.165, 1.54) is 18.3 Å². The van der Waals surface area contributed by atoms with Crippen molar-refractivity contribution in [3.63, 3.8) is 0 Å². The van der Waals surface area contributed by atoms with Gasteiger partial charge in [-0.25, -0.2) is 18.6 Å². The molecule has 98 valence electrons. The second-order valence-corrected chi connectivity index (χ2v) is 4.43. The number of aromatic nitrogens is 1. The molecule has 1 aromatic heterocycles. The fourth-order valence-corrected chi connectivity index (χ4v) is 1.74. The lowest BCUT2D eigenvalue weighted by atomic mass is 10.2. The van der Waals surface area contributed by atoms with Crippen LogP contribution in [0.25, 0.3) is 0 Å². The van der Waals surface area contributed by atoms with E-state index in [4.69, 9.17) is 5.11 Å². The molecular formula is C12H7BrF2N2O2. The molecule has 7 heteroatoms. The molecule has 2 rings (SSSR count). The summed E-state index contributed by atoms with van der Waals surface area (Å²) in [4.78, 5) is 14.8. The summed E-state index contributed by atoms with van der Waals surface area (Å²) in [6.07, 6.45) is 1.35. The first kappa shape index (κ1) is 13.4. The Balaban J connectivity index is 2.42. The Kier molecular flexibility index (Phi) is 3.75. The first-order chi connectivity index (χ1) is 8.99. The molecule has 0 aliphatic rings. The maximum absolute atomic E-state index is 13.6. The summed E-state index contributed by atoms with van der Waals surface area (Å²) in [5.41, 5.74) is -0.327. The van der Waals surface area contributed by atoms with Crippen molar-refractivity contribution in [1.29, 1.82) is 0 Å². The number of pyridine rings is 1. The van der Waals surface area contributed by atoms with Crippen molar-refractivity contribution in [3.8, 4) is 0 Å². The van der Waals surface area contributed by atoms with Gasteiger partial charge in [-0.3, -0.25) is 0 Å². The number of nitrogens with one attached hydrogen (secondary N) is 1. The minimum absolute atomic E-state index is 0.0185. The van der Waals surface area contributed by atoms with Crippen LogP contribution >= 0.6 is 15.9 Å². The minimum Gasteiger partial charge on any atom is -0.478 e. The maximum Gasteiger partial charge on any atom is 0.339 e. The van der Waals surface area contributed by atoms with E-state index in [1.807, 2.05) is 0 Å². The molecule has 2 N–H and O–H groups in total. The fraction of sp³-hybridized carbons (Fsp3) is 0. The number of halogens is 3. The topological polar surface area (TPSA) is 62.2 Å². The smallest absolute Gasteiger partial charge is 0.339 e. The Morgan fingerprint density at radius 1 is 1.32 bits per heavy atom. The number of carboxylic acid groups (broad SMARTS) is 1. The second-order valence-electron chi connectivity index (χ2n) is 3.58. The Labute approximate surface area is 115 Å². The van der Waals surface area contributed by atoms with Crippen LogP contribution in [0.15, 0.2) is 34.9 Å². The summed E-state index contributed by atoms with van der Waals surface area (Å²) in [5, 5.41) is 11.4. The summed E-state index contributed by atoms with van der Waals surface area (Å²) in [5.74, 6) is -2.67. The van der Waals surface area contributed by atoms with Crippen LogP contribution in [-0.4, -0.2) is 16.1 Å². The summed E-state index contributed by atoms with van der Waals surface area (Å²) >= 11 is 2.85. The molecule has 0 amide bonds. The van der Waals surface area contributed by atoms with Gasteiger partial charge in [-0.2, -0.15) is 0 Å². The number of hydrogen-bond donors (Lipinski definition) is 2. The highest BCUT2D eigenvalue weighted by molar-refractivity contribution is 9.10. The van der Waals surface area contributed by atoms with Crippen LogP contribution in [0.5, 0.6) is 0 Å². The van der Waals surface area contributed by atoms with Gasteiger partial charge in [-0.05, 0) is 34.1 Å². The third-order valence-electron chi connectivity index (χ3n) is 2.30. The highest BCUT2D eigenvalue weighted by Gasteiger charge is 2.14. The molecule has 0 fully saturated rings. The molecule has 0 aliphatic carbocycles. The first-order valence-corrected chi connectivity index (χ1v) is 5.88. The number of aromatic carboxylic acids is 1. The quantitative estimate of drug-likeness (QED) is 0.845. The van der Waals surface area contributed by atoms with E-state index in [1.54, 1.807) is 0 Å². The average molecular weight is 329 g/mol. The predicted octanol–water partition coefficient (Wildman–Crippen LogP) is 3.56. The van der Waals surface area contributed by atoms with Crippen LogP contribution in [0, 0.1) is 11.6 Å². The molecule has 0 spiro atoms. The molecule has 19 heavy (non-hydrogen) atoms. The van der Waals surface area contributed by atoms with E-state index in [0.717, 1.165) is 12.1 Å². The van der Waals surface area contributed by atoms with Crippen molar-refractivity contribution in [2.75, 3.05) is 5.32 Å². The average Bonchev–Trinajstić information content (AvgIpc) is 2.36. The summed E-state index contributed by atoms with van der Waals surface area (Å²) in [7, 11) is 0. The summed E-state index contributed by atoms with van der Waals surface area (Å²) in [6, 6.07) is 4.61. The molecule has 0 aliphatic heterocycles. The summed E-state index contributed by atoms with van der Waals surface area (Å²) < 4.78 is 26.9. The van der Waals surface area contributed by atoms with Crippen molar-refractivity contribution in [3.05, 3.63) is 52.1 Å². The number of carboxylic acids is 1. The van der Waals surface area contributed by atoms with Crippen LogP contribution in [-0.2, 0) is 0 Å². The standard InChI is InChI=1S/C12H7BrF2N2O2/c13-7-4-9(15)10(5-8(7)14)17-11-6(12(18)19)2-1-3-16-11/h1-5H,(H,16,17)(H,18,19). The van der Waals surface area contributed by atoms with Crippen molar-refractivity contribution in [1.82, 2.24) is 4.98 Å². The maximum atomic E-state index is 13.6. The van der Waals surface area contributed by atoms with Crippen LogP contribution < -0.4 is 5.32 Å². The third kappa shape index (κ3) is 2.87. The lowest BCUT2D eigenvalue weighted by molar-refractivity contribution is 0.0697. The van der Waals surface area contributed by atoms with Gasteiger partial charge in [0.1, 0.15) is 23.0 Å². The van der Waals surface area contributed by atoms with Gasteiger partial charge >= 0.3 is 5.97 Å². The molecule has 1 heterocycles. The zero-order valence-electron chi connectivity index (χ0n) is 9.32. The highest BCUT2D eigenvalue weighted by Crippen LogP contribution is 2.26. The normalized spacial score (nSPS) is 10.3. The summed E-state index contributed by atoms with van der Waals surface area (Å²) in [6.45, 7) is 0. The molecule has 1 aromatic carbocycles. The van der Waals surface area contributed by atoms with Gasteiger partial charge in [0.25, 0.3) is 0 Å². The third-order valence-corrected chi connectivity index (χ3v) is 2.91. The largest absolute Gasteiger partial charge is 0.478 e. The molecular weight excluding hydrogens is 322 g/mol. The van der Waals surface area contributed by atoms with Gasteiger partial charge in [0, 0.05) is 12.3 Å². The van der Waals surface area contributed by atoms with Crippen LogP contribution in [0.4, 0.5) is 20.3 Å². The van der Waals surface area contributed by atoms with Gasteiger partial charge in [0.2, 0.25) is 0 Å². The first-order valence-electron chi connectivity index (χ1n) is 5.09. The molecule has 2 aromatic rings. The van der Waals surface area contributed by atoms with Gasteiger partial charge in [0.15, 0.2) is 0 Å². The van der Waals surface area contributed by atoms with Crippen LogP contribution in [0.2, 0.25) is 0 Å². The van der Waals surface area contributed by atoms with E-state index in [0.29, 0.717) is 0 Å². The Morgan fingerprint density at radius 2 is 2.05 bits per heavy atom. The predicted molar refractivity (Wildman–Crippen MR) is 68.5 cm³/mol. The van der Waals surface area contributed by atoms with Gasteiger partial charge in [0.05, 0.1) is 10.2 Å². The van der Waals surface area contributed by atoms with E-state index in [2.05, 4.69) is 26.2 Å². The minimum atomic E-state index is -1.21. The number of carbonyl (C=O) groups is 1. The SMILES string of the molecule is O=C(O)c1cccnc1Nc1cc(F)c(Br)cc1F. The number of benzene rings is 1. The monoisotopic (exact) mass is 328 g/mol. The van der Waals surface area contributed by atoms with Crippen molar-refractivity contribution in [2.45, 2.75) is 0 Å². The van der Waals surface area contributed by atoms with E-state index in [-0.39, 0.29) is 21.5 Å². The molecule has 0 radical (unpaired) electrons. The molecule has 0 saturated carbocycles. The highest BCUT2D eigenvalue weighted by atomic mass is 79.9.